The molecule has 8 nitrogen and oxygen atoms in total. The molecule has 0 bridgehead atoms. The molecule has 1 aromatic heterocycles. The van der Waals surface area contributed by atoms with Crippen LogP contribution in [0.3, 0.4) is 0 Å². The van der Waals surface area contributed by atoms with Gasteiger partial charge in [-0.05, 0) is 24.6 Å². The standard InChI is InChI=1S/C20H17N5O3/c1-20(15-8-4-2-5-9-15)18(27)25(19(28)22-20)23-17(26)14-12-21-24(13-14)16-10-6-3-7-11-16/h2-13H,1H3,(H,22,28)(H,23,26)/t20-/m0/s1. The number of nitrogens with zero attached hydrogens (tertiary/aromatic N) is 3. The molecule has 1 aliphatic heterocycles. The number of para-hydroxylation sites is 1. The third kappa shape index (κ3) is 2.90. The van der Waals surface area contributed by atoms with Gasteiger partial charge in [0.05, 0.1) is 17.4 Å². The Morgan fingerprint density at radius 2 is 1.68 bits per heavy atom. The second-order valence-corrected chi connectivity index (χ2v) is 6.51. The topological polar surface area (TPSA) is 96.3 Å². The van der Waals surface area contributed by atoms with E-state index in [1.54, 1.807) is 31.2 Å². The fourth-order valence-electron chi connectivity index (χ4n) is 3.04. The number of carbonyl (C=O) groups excluding carboxylic acids is 3. The number of nitrogens with one attached hydrogen (secondary N) is 2. The molecule has 1 aliphatic rings. The lowest BCUT2D eigenvalue weighted by atomic mass is 9.92. The molecule has 1 atom stereocenters. The molecule has 0 spiro atoms. The van der Waals surface area contributed by atoms with Gasteiger partial charge in [0.25, 0.3) is 11.8 Å². The molecule has 1 saturated heterocycles. The number of hydrazine groups is 1. The van der Waals surface area contributed by atoms with E-state index in [2.05, 4.69) is 15.8 Å². The molecule has 0 unspecified atom stereocenters. The number of urea groups is 1. The Hall–Kier alpha value is -3.94. The number of amides is 4. The largest absolute Gasteiger partial charge is 0.344 e. The number of aromatic nitrogens is 2. The van der Waals surface area contributed by atoms with E-state index in [4.69, 9.17) is 0 Å². The maximum atomic E-state index is 12.8. The fraction of sp³-hybridized carbons (Fsp3) is 0.100. The van der Waals surface area contributed by atoms with Crippen LogP contribution in [0.5, 0.6) is 0 Å². The number of benzene rings is 2. The molecule has 4 amide bonds. The summed E-state index contributed by atoms with van der Waals surface area (Å²) < 4.78 is 1.54. The van der Waals surface area contributed by atoms with Crippen molar-refractivity contribution in [2.24, 2.45) is 0 Å². The summed E-state index contributed by atoms with van der Waals surface area (Å²) in [6.07, 6.45) is 2.90. The molecule has 3 aromatic rings. The molecule has 2 heterocycles. The second kappa shape index (κ2) is 6.66. The van der Waals surface area contributed by atoms with Gasteiger partial charge in [0.2, 0.25) is 0 Å². The van der Waals surface area contributed by atoms with Crippen LogP contribution in [-0.4, -0.2) is 32.6 Å². The van der Waals surface area contributed by atoms with Gasteiger partial charge < -0.3 is 5.32 Å². The van der Waals surface area contributed by atoms with Gasteiger partial charge in [-0.3, -0.25) is 15.0 Å². The molecule has 28 heavy (non-hydrogen) atoms. The number of imide groups is 1. The molecular formula is C20H17N5O3. The molecule has 0 aliphatic carbocycles. The van der Waals surface area contributed by atoms with Gasteiger partial charge in [0.15, 0.2) is 0 Å². The van der Waals surface area contributed by atoms with Crippen molar-refractivity contribution in [2.45, 2.75) is 12.5 Å². The summed E-state index contributed by atoms with van der Waals surface area (Å²) in [7, 11) is 0. The summed E-state index contributed by atoms with van der Waals surface area (Å²) in [5.74, 6) is -1.17. The molecule has 1 fully saturated rings. The summed E-state index contributed by atoms with van der Waals surface area (Å²) >= 11 is 0. The Labute approximate surface area is 160 Å². The normalized spacial score (nSPS) is 18.8. The summed E-state index contributed by atoms with van der Waals surface area (Å²) in [6, 6.07) is 17.4. The zero-order valence-electron chi connectivity index (χ0n) is 15.0. The van der Waals surface area contributed by atoms with Gasteiger partial charge in [-0.15, -0.1) is 0 Å². The Kier molecular flexibility index (Phi) is 4.15. The molecule has 2 aromatic carbocycles. The van der Waals surface area contributed by atoms with E-state index >= 15 is 0 Å². The molecule has 2 N–H and O–H groups in total. The minimum atomic E-state index is -1.25. The van der Waals surface area contributed by atoms with Crippen molar-refractivity contribution in [3.8, 4) is 5.69 Å². The lowest BCUT2D eigenvalue weighted by molar-refractivity contribution is -0.132. The quantitative estimate of drug-likeness (QED) is 0.682. The fourth-order valence-corrected chi connectivity index (χ4v) is 3.04. The van der Waals surface area contributed by atoms with Gasteiger partial charge in [-0.1, -0.05) is 48.5 Å². The lowest BCUT2D eigenvalue weighted by Gasteiger charge is -2.21. The zero-order chi connectivity index (χ0) is 19.7. The summed E-state index contributed by atoms with van der Waals surface area (Å²) in [5, 5.41) is 7.49. The highest BCUT2D eigenvalue weighted by Crippen LogP contribution is 2.27. The first kappa shape index (κ1) is 17.5. The first-order chi connectivity index (χ1) is 13.5. The Bertz CT molecular complexity index is 1050. The summed E-state index contributed by atoms with van der Waals surface area (Å²) in [5.41, 5.74) is 2.75. The highest BCUT2D eigenvalue weighted by Gasteiger charge is 2.50. The first-order valence-electron chi connectivity index (χ1n) is 8.62. The Morgan fingerprint density at radius 1 is 1.04 bits per heavy atom. The highest BCUT2D eigenvalue weighted by atomic mass is 16.2. The Morgan fingerprint density at radius 3 is 2.36 bits per heavy atom. The van der Waals surface area contributed by atoms with Crippen LogP contribution in [-0.2, 0) is 10.3 Å². The molecule has 8 heteroatoms. The second-order valence-electron chi connectivity index (χ2n) is 6.51. The van der Waals surface area contributed by atoms with Crippen LogP contribution in [0.15, 0.2) is 73.1 Å². The van der Waals surface area contributed by atoms with Crippen LogP contribution in [0.25, 0.3) is 5.69 Å². The zero-order valence-corrected chi connectivity index (χ0v) is 15.0. The van der Waals surface area contributed by atoms with Gasteiger partial charge in [0.1, 0.15) is 5.54 Å². The molecular weight excluding hydrogens is 358 g/mol. The summed E-state index contributed by atoms with van der Waals surface area (Å²) in [4.78, 5) is 37.7. The predicted molar refractivity (Wildman–Crippen MR) is 100 cm³/mol. The van der Waals surface area contributed by atoms with E-state index < -0.39 is 23.4 Å². The lowest BCUT2D eigenvalue weighted by Crippen LogP contribution is -2.47. The van der Waals surface area contributed by atoms with E-state index in [1.807, 2.05) is 36.4 Å². The van der Waals surface area contributed by atoms with Crippen molar-refractivity contribution in [2.75, 3.05) is 0 Å². The first-order valence-corrected chi connectivity index (χ1v) is 8.62. The van der Waals surface area contributed by atoms with Crippen molar-refractivity contribution >= 4 is 17.8 Å². The molecule has 0 radical (unpaired) electrons. The van der Waals surface area contributed by atoms with Crippen LogP contribution < -0.4 is 10.7 Å². The average Bonchev–Trinajstić information content (AvgIpc) is 3.30. The van der Waals surface area contributed by atoms with Crippen molar-refractivity contribution < 1.29 is 14.4 Å². The number of rotatable bonds is 4. The molecule has 0 saturated carbocycles. The van der Waals surface area contributed by atoms with Gasteiger partial charge in [-0.25, -0.2) is 9.48 Å². The smallest absolute Gasteiger partial charge is 0.318 e. The van der Waals surface area contributed by atoms with Crippen LogP contribution in [0.2, 0.25) is 0 Å². The van der Waals surface area contributed by atoms with Crippen molar-refractivity contribution in [3.05, 3.63) is 84.2 Å². The van der Waals surface area contributed by atoms with E-state index in [-0.39, 0.29) is 5.56 Å². The number of hydrogen-bond acceptors (Lipinski definition) is 4. The monoisotopic (exact) mass is 375 g/mol. The summed E-state index contributed by atoms with van der Waals surface area (Å²) in [6.45, 7) is 1.60. The van der Waals surface area contributed by atoms with Gasteiger partial charge in [0, 0.05) is 6.20 Å². The minimum absolute atomic E-state index is 0.220. The minimum Gasteiger partial charge on any atom is -0.318 e. The number of hydrogen-bond donors (Lipinski definition) is 2. The van der Waals surface area contributed by atoms with E-state index in [0.717, 1.165) is 5.69 Å². The van der Waals surface area contributed by atoms with Crippen LogP contribution >= 0.6 is 0 Å². The van der Waals surface area contributed by atoms with Gasteiger partial charge in [-0.2, -0.15) is 10.1 Å². The number of carbonyl (C=O) groups is 3. The van der Waals surface area contributed by atoms with E-state index in [1.165, 1.54) is 17.1 Å². The van der Waals surface area contributed by atoms with Crippen molar-refractivity contribution in [1.29, 1.82) is 0 Å². The van der Waals surface area contributed by atoms with Crippen LogP contribution in [0.4, 0.5) is 4.79 Å². The van der Waals surface area contributed by atoms with E-state index in [0.29, 0.717) is 10.6 Å². The maximum Gasteiger partial charge on any atom is 0.344 e. The molecule has 140 valence electrons. The third-order valence-corrected chi connectivity index (χ3v) is 4.62. The van der Waals surface area contributed by atoms with Gasteiger partial charge >= 0.3 is 6.03 Å². The SMILES string of the molecule is C[C@@]1(c2ccccc2)NC(=O)N(NC(=O)c2cnn(-c3ccccc3)c2)C1=O. The Balaban J connectivity index is 1.53. The van der Waals surface area contributed by atoms with Crippen LogP contribution in [0, 0.1) is 0 Å². The third-order valence-electron chi connectivity index (χ3n) is 4.62. The average molecular weight is 375 g/mol. The predicted octanol–water partition coefficient (Wildman–Crippen LogP) is 1.98. The van der Waals surface area contributed by atoms with Crippen molar-refractivity contribution in [3.63, 3.8) is 0 Å². The highest BCUT2D eigenvalue weighted by molar-refractivity contribution is 6.09. The maximum absolute atomic E-state index is 12.8. The molecule has 4 rings (SSSR count). The van der Waals surface area contributed by atoms with E-state index in [9.17, 15) is 14.4 Å². The van der Waals surface area contributed by atoms with Crippen molar-refractivity contribution in [1.82, 2.24) is 25.5 Å². The van der Waals surface area contributed by atoms with Crippen LogP contribution in [0.1, 0.15) is 22.8 Å².